The van der Waals surface area contributed by atoms with Gasteiger partial charge in [0.15, 0.2) is 0 Å². The van der Waals surface area contributed by atoms with Crippen LogP contribution in [0.2, 0.25) is 0 Å². The zero-order chi connectivity index (χ0) is 25.3. The normalized spacial score (nSPS) is 14.7. The quantitative estimate of drug-likeness (QED) is 0.419. The molecule has 4 aromatic carbocycles. The van der Waals surface area contributed by atoms with Crippen molar-refractivity contribution < 1.29 is 24.3 Å². The highest BCUT2D eigenvalue weighted by Crippen LogP contribution is 2.41. The van der Waals surface area contributed by atoms with Crippen LogP contribution in [0.4, 0.5) is 11.4 Å². The molecule has 0 unspecified atom stereocenters. The molecule has 7 heteroatoms. The standard InChI is InChI=1S/C29H20N2O5/c1-3-16-6-4-5-15(2)25(16)31-28(35)21-13-11-19-23-20(12-14-22(24(21)23)29(31)36)27(34)30(26(19)33)17-7-9-18(32)10-8-17/h4-14,32H,3H2,1-2H3. The lowest BCUT2D eigenvalue weighted by Crippen LogP contribution is -2.44. The predicted octanol–water partition coefficient (Wildman–Crippen LogP) is 5.02. The molecule has 0 atom stereocenters. The van der Waals surface area contributed by atoms with E-state index in [0.29, 0.717) is 28.6 Å². The van der Waals surface area contributed by atoms with Gasteiger partial charge >= 0.3 is 0 Å². The molecule has 176 valence electrons. The van der Waals surface area contributed by atoms with Crippen molar-refractivity contribution in [3.8, 4) is 5.75 Å². The molecular formula is C29H20N2O5. The minimum absolute atomic E-state index is 0.0102. The summed E-state index contributed by atoms with van der Waals surface area (Å²) in [4.78, 5) is 56.7. The number of aromatic hydroxyl groups is 1. The fourth-order valence-corrected chi connectivity index (χ4v) is 5.24. The van der Waals surface area contributed by atoms with Crippen LogP contribution in [-0.2, 0) is 6.42 Å². The Labute approximate surface area is 206 Å². The Bertz CT molecular complexity index is 1600. The lowest BCUT2D eigenvalue weighted by atomic mass is 9.85. The first kappa shape index (κ1) is 21.7. The van der Waals surface area contributed by atoms with Crippen molar-refractivity contribution in [1.82, 2.24) is 0 Å². The van der Waals surface area contributed by atoms with Crippen molar-refractivity contribution in [3.63, 3.8) is 0 Å². The minimum Gasteiger partial charge on any atom is -0.508 e. The Morgan fingerprint density at radius 3 is 1.58 bits per heavy atom. The number of phenols is 1. The van der Waals surface area contributed by atoms with E-state index in [1.54, 1.807) is 12.1 Å². The Hall–Kier alpha value is -4.78. The summed E-state index contributed by atoms with van der Waals surface area (Å²) in [5, 5.41) is 10.3. The van der Waals surface area contributed by atoms with E-state index in [1.165, 1.54) is 41.3 Å². The van der Waals surface area contributed by atoms with Crippen molar-refractivity contribution in [2.45, 2.75) is 20.3 Å². The molecule has 0 saturated heterocycles. The molecule has 2 heterocycles. The summed E-state index contributed by atoms with van der Waals surface area (Å²) < 4.78 is 0. The maximum Gasteiger partial charge on any atom is 0.266 e. The predicted molar refractivity (Wildman–Crippen MR) is 135 cm³/mol. The summed E-state index contributed by atoms with van der Waals surface area (Å²) in [6.07, 6.45) is 0.643. The number of carbonyl (C=O) groups excluding carboxylic acids is 4. The van der Waals surface area contributed by atoms with E-state index >= 15 is 0 Å². The van der Waals surface area contributed by atoms with Crippen LogP contribution >= 0.6 is 0 Å². The van der Waals surface area contributed by atoms with Crippen LogP contribution in [0.5, 0.6) is 5.75 Å². The zero-order valence-electron chi connectivity index (χ0n) is 19.5. The van der Waals surface area contributed by atoms with Crippen LogP contribution < -0.4 is 9.80 Å². The van der Waals surface area contributed by atoms with E-state index in [1.807, 2.05) is 32.0 Å². The number of imide groups is 2. The molecule has 0 aromatic heterocycles. The van der Waals surface area contributed by atoms with E-state index in [-0.39, 0.29) is 28.0 Å². The van der Waals surface area contributed by atoms with Gasteiger partial charge in [0, 0.05) is 33.0 Å². The fraction of sp³-hybridized carbons (Fsp3) is 0.103. The van der Waals surface area contributed by atoms with E-state index in [0.717, 1.165) is 16.0 Å². The summed E-state index contributed by atoms with van der Waals surface area (Å²) >= 11 is 0. The van der Waals surface area contributed by atoms with E-state index in [9.17, 15) is 24.3 Å². The Morgan fingerprint density at radius 1 is 0.639 bits per heavy atom. The van der Waals surface area contributed by atoms with Gasteiger partial charge in [-0.3, -0.25) is 19.2 Å². The van der Waals surface area contributed by atoms with Crippen LogP contribution in [0.25, 0.3) is 10.8 Å². The molecule has 4 amide bonds. The third kappa shape index (κ3) is 2.80. The van der Waals surface area contributed by atoms with Crippen molar-refractivity contribution >= 4 is 45.8 Å². The maximum atomic E-state index is 13.7. The Morgan fingerprint density at radius 2 is 1.11 bits per heavy atom. The molecule has 4 aromatic rings. The van der Waals surface area contributed by atoms with Crippen LogP contribution in [0.1, 0.15) is 59.5 Å². The van der Waals surface area contributed by atoms with Crippen LogP contribution in [0.3, 0.4) is 0 Å². The second-order valence-electron chi connectivity index (χ2n) is 8.92. The van der Waals surface area contributed by atoms with Gasteiger partial charge in [-0.2, -0.15) is 0 Å². The second kappa shape index (κ2) is 7.61. The minimum atomic E-state index is -0.559. The number of para-hydroxylation sites is 1. The van der Waals surface area contributed by atoms with Crippen molar-refractivity contribution in [3.05, 3.63) is 100 Å². The first-order valence-electron chi connectivity index (χ1n) is 11.6. The first-order chi connectivity index (χ1) is 17.3. The number of carbonyl (C=O) groups is 4. The Kier molecular flexibility index (Phi) is 4.60. The fourth-order valence-electron chi connectivity index (χ4n) is 5.24. The third-order valence-corrected chi connectivity index (χ3v) is 6.93. The number of hydrogen-bond acceptors (Lipinski definition) is 5. The van der Waals surface area contributed by atoms with Gasteiger partial charge in [0.05, 0.1) is 11.4 Å². The molecule has 0 saturated carbocycles. The number of anilines is 2. The number of aryl methyl sites for hydroxylation is 2. The SMILES string of the molecule is CCc1cccc(C)c1N1C(=O)c2ccc3c4c(ccc(c24)C1=O)C(=O)N(c1ccc(O)cc1)C3=O. The molecular weight excluding hydrogens is 456 g/mol. The molecule has 6 rings (SSSR count). The molecule has 0 bridgehead atoms. The van der Waals surface area contributed by atoms with Gasteiger partial charge in [-0.1, -0.05) is 25.1 Å². The highest BCUT2D eigenvalue weighted by Gasteiger charge is 2.41. The van der Waals surface area contributed by atoms with Gasteiger partial charge in [0.25, 0.3) is 23.6 Å². The first-order valence-corrected chi connectivity index (χ1v) is 11.6. The molecule has 7 nitrogen and oxygen atoms in total. The van der Waals surface area contributed by atoms with Crippen molar-refractivity contribution in [2.75, 3.05) is 9.80 Å². The van der Waals surface area contributed by atoms with Crippen LogP contribution in [0.15, 0.2) is 66.7 Å². The summed E-state index contributed by atoms with van der Waals surface area (Å²) in [6, 6.07) is 17.6. The highest BCUT2D eigenvalue weighted by atomic mass is 16.3. The second-order valence-corrected chi connectivity index (χ2v) is 8.92. The number of nitrogens with zero attached hydrogens (tertiary/aromatic N) is 2. The van der Waals surface area contributed by atoms with Crippen molar-refractivity contribution in [2.24, 2.45) is 0 Å². The van der Waals surface area contributed by atoms with Crippen LogP contribution in [-0.4, -0.2) is 28.7 Å². The van der Waals surface area contributed by atoms with Crippen molar-refractivity contribution in [1.29, 1.82) is 0 Å². The summed E-state index contributed by atoms with van der Waals surface area (Å²) in [7, 11) is 0. The average molecular weight is 476 g/mol. The molecule has 0 aliphatic carbocycles. The van der Waals surface area contributed by atoms with Gasteiger partial charge in [0.1, 0.15) is 5.75 Å². The van der Waals surface area contributed by atoms with E-state index in [2.05, 4.69) is 0 Å². The van der Waals surface area contributed by atoms with Gasteiger partial charge in [-0.25, -0.2) is 9.80 Å². The highest BCUT2D eigenvalue weighted by molar-refractivity contribution is 6.42. The summed E-state index contributed by atoms with van der Waals surface area (Å²) in [5.41, 5.74) is 3.57. The zero-order valence-corrected chi connectivity index (χ0v) is 19.5. The number of hydrogen-bond donors (Lipinski definition) is 1. The van der Waals surface area contributed by atoms with Gasteiger partial charge in [-0.05, 0) is 73.0 Å². The molecule has 0 radical (unpaired) electrons. The molecule has 2 aliphatic heterocycles. The number of rotatable bonds is 3. The molecule has 1 N–H and O–H groups in total. The number of phenolic OH excluding ortho intramolecular Hbond substituents is 1. The third-order valence-electron chi connectivity index (χ3n) is 6.93. The Balaban J connectivity index is 1.57. The monoisotopic (exact) mass is 476 g/mol. The molecule has 36 heavy (non-hydrogen) atoms. The number of benzene rings is 4. The summed E-state index contributed by atoms with van der Waals surface area (Å²) in [6.45, 7) is 3.83. The van der Waals surface area contributed by atoms with Gasteiger partial charge in [0.2, 0.25) is 0 Å². The van der Waals surface area contributed by atoms with Gasteiger partial charge in [-0.15, -0.1) is 0 Å². The molecule has 0 spiro atoms. The van der Waals surface area contributed by atoms with Crippen LogP contribution in [0, 0.1) is 6.92 Å². The van der Waals surface area contributed by atoms with Gasteiger partial charge < -0.3 is 5.11 Å². The molecule has 2 aliphatic rings. The largest absolute Gasteiger partial charge is 0.508 e. The topological polar surface area (TPSA) is 95.0 Å². The lowest BCUT2D eigenvalue weighted by molar-refractivity contribution is 0.0872. The molecule has 0 fully saturated rings. The van der Waals surface area contributed by atoms with E-state index < -0.39 is 23.6 Å². The van der Waals surface area contributed by atoms with E-state index in [4.69, 9.17) is 0 Å². The summed E-state index contributed by atoms with van der Waals surface area (Å²) in [5.74, 6) is -2.08. The maximum absolute atomic E-state index is 13.7. The average Bonchev–Trinajstić information content (AvgIpc) is 2.88. The smallest absolute Gasteiger partial charge is 0.266 e. The number of amides is 4. The lowest BCUT2D eigenvalue weighted by Gasteiger charge is -2.33.